The van der Waals surface area contributed by atoms with E-state index in [0.29, 0.717) is 5.82 Å². The minimum Gasteiger partial charge on any atom is -0.368 e. The molecule has 2 N–H and O–H groups in total. The van der Waals surface area contributed by atoms with E-state index in [1.165, 1.54) is 0 Å². The van der Waals surface area contributed by atoms with Crippen LogP contribution in [0.1, 0.15) is 18.5 Å². The second-order valence-electron chi connectivity index (χ2n) is 5.16. The molecule has 1 fully saturated rings. The predicted molar refractivity (Wildman–Crippen MR) is 79.6 cm³/mol. The molecular formula is C15H17N5O. The van der Waals surface area contributed by atoms with E-state index in [1.54, 1.807) is 6.20 Å². The molecule has 0 unspecified atom stereocenters. The third-order valence-corrected chi connectivity index (χ3v) is 3.61. The van der Waals surface area contributed by atoms with E-state index in [9.17, 15) is 4.79 Å². The minimum atomic E-state index is -0.303. The number of amides is 1. The highest BCUT2D eigenvalue weighted by Crippen LogP contribution is 2.26. The van der Waals surface area contributed by atoms with Crippen LogP contribution in [0.3, 0.4) is 0 Å². The standard InChI is InChI=1S/C15H17N5O/c1-10-9-13(20-8-4-6-12(20)14(16)21)19-15(18-10)11-5-2-3-7-17-11/h2-3,5,7,9,12H,4,6,8H2,1H3,(H2,16,21)/t12-/m0/s1. The fourth-order valence-electron chi connectivity index (χ4n) is 2.65. The zero-order chi connectivity index (χ0) is 14.8. The van der Waals surface area contributed by atoms with Crippen molar-refractivity contribution in [1.29, 1.82) is 0 Å². The first kappa shape index (κ1) is 13.5. The van der Waals surface area contributed by atoms with E-state index in [4.69, 9.17) is 5.73 Å². The van der Waals surface area contributed by atoms with E-state index < -0.39 is 0 Å². The maximum atomic E-state index is 11.5. The molecule has 0 aromatic carbocycles. The lowest BCUT2D eigenvalue weighted by Crippen LogP contribution is -2.40. The van der Waals surface area contributed by atoms with Crippen LogP contribution in [-0.2, 0) is 4.79 Å². The Bertz CT molecular complexity index is 658. The smallest absolute Gasteiger partial charge is 0.240 e. The van der Waals surface area contributed by atoms with Crippen molar-refractivity contribution >= 4 is 11.7 Å². The molecule has 3 rings (SSSR count). The van der Waals surface area contributed by atoms with Crippen molar-refractivity contribution in [2.75, 3.05) is 11.4 Å². The normalized spacial score (nSPS) is 18.0. The minimum absolute atomic E-state index is 0.282. The van der Waals surface area contributed by atoms with Gasteiger partial charge in [-0.3, -0.25) is 9.78 Å². The molecule has 0 saturated carbocycles. The third kappa shape index (κ3) is 2.69. The summed E-state index contributed by atoms with van der Waals surface area (Å²) in [7, 11) is 0. The molecule has 0 spiro atoms. The van der Waals surface area contributed by atoms with Gasteiger partial charge in [0, 0.05) is 24.5 Å². The summed E-state index contributed by atoms with van der Waals surface area (Å²) in [5.74, 6) is 1.01. The van der Waals surface area contributed by atoms with Crippen LogP contribution in [0, 0.1) is 6.92 Å². The van der Waals surface area contributed by atoms with Crippen LogP contribution in [-0.4, -0.2) is 33.4 Å². The number of carbonyl (C=O) groups is 1. The first-order valence-electron chi connectivity index (χ1n) is 6.98. The fourth-order valence-corrected chi connectivity index (χ4v) is 2.65. The zero-order valence-electron chi connectivity index (χ0n) is 11.9. The second-order valence-corrected chi connectivity index (χ2v) is 5.16. The van der Waals surface area contributed by atoms with E-state index in [2.05, 4.69) is 15.0 Å². The molecule has 0 aliphatic carbocycles. The number of carbonyl (C=O) groups excluding carboxylic acids is 1. The van der Waals surface area contributed by atoms with Crippen molar-refractivity contribution in [3.63, 3.8) is 0 Å². The fraction of sp³-hybridized carbons (Fsp3) is 0.333. The molecule has 21 heavy (non-hydrogen) atoms. The Balaban J connectivity index is 2.00. The van der Waals surface area contributed by atoms with E-state index in [1.807, 2.05) is 36.1 Å². The Labute approximate surface area is 123 Å². The molecule has 2 aromatic rings. The van der Waals surface area contributed by atoms with Crippen molar-refractivity contribution in [2.45, 2.75) is 25.8 Å². The number of aromatic nitrogens is 3. The van der Waals surface area contributed by atoms with E-state index in [0.717, 1.165) is 36.6 Å². The monoisotopic (exact) mass is 283 g/mol. The highest BCUT2D eigenvalue weighted by atomic mass is 16.1. The Morgan fingerprint density at radius 1 is 1.38 bits per heavy atom. The van der Waals surface area contributed by atoms with Gasteiger partial charge in [0.05, 0.1) is 0 Å². The van der Waals surface area contributed by atoms with Gasteiger partial charge in [-0.2, -0.15) is 0 Å². The molecule has 6 nitrogen and oxygen atoms in total. The zero-order valence-corrected chi connectivity index (χ0v) is 11.9. The van der Waals surface area contributed by atoms with Gasteiger partial charge in [-0.05, 0) is 31.9 Å². The van der Waals surface area contributed by atoms with Crippen LogP contribution in [0.5, 0.6) is 0 Å². The highest BCUT2D eigenvalue weighted by Gasteiger charge is 2.30. The summed E-state index contributed by atoms with van der Waals surface area (Å²) < 4.78 is 0. The van der Waals surface area contributed by atoms with Crippen molar-refractivity contribution in [3.8, 4) is 11.5 Å². The summed E-state index contributed by atoms with van der Waals surface area (Å²) in [4.78, 5) is 26.8. The molecule has 108 valence electrons. The van der Waals surface area contributed by atoms with Crippen molar-refractivity contribution < 1.29 is 4.79 Å². The number of pyridine rings is 1. The van der Waals surface area contributed by atoms with Gasteiger partial charge in [-0.1, -0.05) is 6.07 Å². The summed E-state index contributed by atoms with van der Waals surface area (Å²) in [6.07, 6.45) is 3.43. The van der Waals surface area contributed by atoms with Crippen LogP contribution in [0.15, 0.2) is 30.5 Å². The van der Waals surface area contributed by atoms with Gasteiger partial charge < -0.3 is 10.6 Å². The van der Waals surface area contributed by atoms with Gasteiger partial charge in [0.2, 0.25) is 5.91 Å². The van der Waals surface area contributed by atoms with Gasteiger partial charge in [-0.25, -0.2) is 9.97 Å². The van der Waals surface area contributed by atoms with Crippen molar-refractivity contribution in [3.05, 3.63) is 36.2 Å². The maximum absolute atomic E-state index is 11.5. The van der Waals surface area contributed by atoms with Crippen LogP contribution < -0.4 is 10.6 Å². The second kappa shape index (κ2) is 5.47. The molecule has 0 bridgehead atoms. The summed E-state index contributed by atoms with van der Waals surface area (Å²) in [5, 5.41) is 0. The Morgan fingerprint density at radius 3 is 2.95 bits per heavy atom. The summed E-state index contributed by atoms with van der Waals surface area (Å²) >= 11 is 0. The molecule has 6 heteroatoms. The van der Waals surface area contributed by atoms with Gasteiger partial charge >= 0.3 is 0 Å². The quantitative estimate of drug-likeness (QED) is 0.917. The first-order valence-corrected chi connectivity index (χ1v) is 6.98. The van der Waals surface area contributed by atoms with Gasteiger partial charge in [0.1, 0.15) is 17.6 Å². The lowest BCUT2D eigenvalue weighted by Gasteiger charge is -2.23. The highest BCUT2D eigenvalue weighted by molar-refractivity contribution is 5.84. The molecule has 1 aliphatic rings. The predicted octanol–water partition coefficient (Wildman–Crippen LogP) is 1.30. The summed E-state index contributed by atoms with van der Waals surface area (Å²) in [5.41, 5.74) is 7.04. The first-order chi connectivity index (χ1) is 10.1. The Hall–Kier alpha value is -2.50. The summed E-state index contributed by atoms with van der Waals surface area (Å²) in [6.45, 7) is 2.69. The van der Waals surface area contributed by atoms with Crippen molar-refractivity contribution in [2.24, 2.45) is 5.73 Å². The molecule has 1 atom stereocenters. The molecule has 3 heterocycles. The largest absolute Gasteiger partial charge is 0.368 e. The number of nitrogens with zero attached hydrogens (tertiary/aromatic N) is 4. The molecular weight excluding hydrogens is 266 g/mol. The molecule has 1 saturated heterocycles. The lowest BCUT2D eigenvalue weighted by molar-refractivity contribution is -0.119. The van der Waals surface area contributed by atoms with Crippen molar-refractivity contribution in [1.82, 2.24) is 15.0 Å². The van der Waals surface area contributed by atoms with Crippen LogP contribution in [0.2, 0.25) is 0 Å². The molecule has 2 aromatic heterocycles. The van der Waals surface area contributed by atoms with Crippen LogP contribution >= 0.6 is 0 Å². The van der Waals surface area contributed by atoms with E-state index in [-0.39, 0.29) is 11.9 Å². The topological polar surface area (TPSA) is 85.0 Å². The van der Waals surface area contributed by atoms with Gasteiger partial charge in [0.25, 0.3) is 0 Å². The molecule has 1 amide bonds. The Morgan fingerprint density at radius 2 is 2.24 bits per heavy atom. The number of rotatable bonds is 3. The number of anilines is 1. The number of primary amides is 1. The molecule has 0 radical (unpaired) electrons. The van der Waals surface area contributed by atoms with E-state index >= 15 is 0 Å². The van der Waals surface area contributed by atoms with Gasteiger partial charge in [-0.15, -0.1) is 0 Å². The SMILES string of the molecule is Cc1cc(N2CCC[C@H]2C(N)=O)nc(-c2ccccn2)n1. The van der Waals surface area contributed by atoms with Crippen LogP contribution in [0.25, 0.3) is 11.5 Å². The van der Waals surface area contributed by atoms with Gasteiger partial charge in [0.15, 0.2) is 5.82 Å². The lowest BCUT2D eigenvalue weighted by atomic mass is 10.2. The number of aryl methyl sites for hydroxylation is 1. The summed E-state index contributed by atoms with van der Waals surface area (Å²) in [6, 6.07) is 7.22. The van der Waals surface area contributed by atoms with Crippen LogP contribution in [0.4, 0.5) is 5.82 Å². The number of hydrogen-bond acceptors (Lipinski definition) is 5. The third-order valence-electron chi connectivity index (χ3n) is 3.61. The number of nitrogens with two attached hydrogens (primary N) is 1. The average molecular weight is 283 g/mol. The molecule has 1 aliphatic heterocycles. The Kier molecular flexibility index (Phi) is 3.51. The maximum Gasteiger partial charge on any atom is 0.240 e. The average Bonchev–Trinajstić information content (AvgIpc) is 2.97. The number of hydrogen-bond donors (Lipinski definition) is 1.